The molecule has 1 atom stereocenters. The molecule has 0 radical (unpaired) electrons. The standard InChI is InChI=1S/2C5F8O2.C4H6F2O3/c6-1-2(7)15-3(14-1,4(8,9)10)5(11,12)13;6-1(7)2-14-3(8,4(9,10)11)5(12,13)15-2;1-7-4(9-6)2-8-3-5/h;;2H,3H2,1H3/b;;4-2-. The first-order chi connectivity index (χ1) is 17.4. The Balaban J connectivity index is 0.000000576. The van der Waals surface area contributed by atoms with Gasteiger partial charge in [0.15, 0.2) is 6.26 Å². The highest BCUT2D eigenvalue weighted by Gasteiger charge is 2.82. The van der Waals surface area contributed by atoms with E-state index in [0.717, 1.165) is 7.11 Å². The Bertz CT molecular complexity index is 881. The zero-order valence-electron chi connectivity index (χ0n) is 17.4. The summed E-state index contributed by atoms with van der Waals surface area (Å²) >= 11 is 0. The Morgan fingerprint density at radius 3 is 1.44 bits per heavy atom. The molecule has 230 valence electrons. The third-order valence-electron chi connectivity index (χ3n) is 3.23. The Morgan fingerprint density at radius 1 is 0.795 bits per heavy atom. The van der Waals surface area contributed by atoms with Crippen LogP contribution >= 0.6 is 0 Å². The number of hydrogen-bond acceptors (Lipinski definition) is 7. The maximum Gasteiger partial charge on any atom is 0.483 e. The third-order valence-corrected chi connectivity index (χ3v) is 3.23. The van der Waals surface area contributed by atoms with E-state index in [-0.39, 0.29) is 0 Å². The molecule has 0 aliphatic carbocycles. The number of hydrogen-bond donors (Lipinski definition) is 0. The summed E-state index contributed by atoms with van der Waals surface area (Å²) < 4.78 is 233. The largest absolute Gasteiger partial charge is 0.483 e. The van der Waals surface area contributed by atoms with Crippen molar-refractivity contribution >= 4 is 0 Å². The van der Waals surface area contributed by atoms with Gasteiger partial charge in [0.05, 0.1) is 7.11 Å². The van der Waals surface area contributed by atoms with Gasteiger partial charge in [0, 0.05) is 4.53 Å². The van der Waals surface area contributed by atoms with E-state index in [2.05, 4.69) is 33.4 Å². The lowest BCUT2D eigenvalue weighted by Gasteiger charge is -2.30. The second kappa shape index (κ2) is 12.2. The molecule has 39 heavy (non-hydrogen) atoms. The van der Waals surface area contributed by atoms with Crippen molar-refractivity contribution < 1.29 is 113 Å². The quantitative estimate of drug-likeness (QED) is 0.243. The summed E-state index contributed by atoms with van der Waals surface area (Å²) in [5.41, 5.74) is 0. The van der Waals surface area contributed by atoms with E-state index in [9.17, 15) is 79.2 Å². The summed E-state index contributed by atoms with van der Waals surface area (Å²) in [6, 6.07) is -5.41. The molecule has 0 spiro atoms. The predicted molar refractivity (Wildman–Crippen MR) is 76.9 cm³/mol. The summed E-state index contributed by atoms with van der Waals surface area (Å²) in [7, 11) is 1.16. The van der Waals surface area contributed by atoms with E-state index in [0.29, 0.717) is 6.26 Å². The van der Waals surface area contributed by atoms with Crippen LogP contribution in [0.3, 0.4) is 0 Å². The fraction of sp³-hybridized carbons (Fsp3) is 0.571. The van der Waals surface area contributed by atoms with E-state index in [1.807, 2.05) is 0 Å². The molecule has 0 bridgehead atoms. The predicted octanol–water partition coefficient (Wildman–Crippen LogP) is 7.12. The fourth-order valence-corrected chi connectivity index (χ4v) is 1.63. The van der Waals surface area contributed by atoms with Gasteiger partial charge in [0.1, 0.15) is 0 Å². The summed E-state index contributed by atoms with van der Waals surface area (Å²) in [6.07, 6.45) is -26.6. The van der Waals surface area contributed by atoms with Gasteiger partial charge in [-0.25, -0.2) is 4.39 Å². The second-order valence-corrected chi connectivity index (χ2v) is 5.72. The number of rotatable bonds is 4. The Kier molecular flexibility index (Phi) is 11.1. The van der Waals surface area contributed by atoms with Crippen LogP contribution in [0.2, 0.25) is 0 Å². The van der Waals surface area contributed by atoms with Crippen molar-refractivity contribution in [3.8, 4) is 0 Å². The molecular weight excluding hydrogens is 622 g/mol. The maximum atomic E-state index is 12.6. The number of methoxy groups -OCH3 is 1. The van der Waals surface area contributed by atoms with Crippen molar-refractivity contribution in [2.75, 3.05) is 14.0 Å². The van der Waals surface area contributed by atoms with Crippen molar-refractivity contribution in [3.63, 3.8) is 0 Å². The zero-order chi connectivity index (χ0) is 31.3. The first kappa shape index (κ1) is 35.6. The third kappa shape index (κ3) is 7.79. The number of ether oxygens (including phenoxy) is 6. The van der Waals surface area contributed by atoms with Crippen molar-refractivity contribution in [1.29, 1.82) is 0 Å². The van der Waals surface area contributed by atoms with E-state index in [1.54, 1.807) is 0 Å². The molecule has 2 aliphatic heterocycles. The molecule has 2 heterocycles. The maximum absolute atomic E-state index is 12.6. The molecule has 0 aromatic rings. The first-order valence-corrected chi connectivity index (χ1v) is 8.21. The lowest BCUT2D eigenvalue weighted by Crippen LogP contribution is -2.58. The van der Waals surface area contributed by atoms with Crippen LogP contribution < -0.4 is 0 Å². The smallest absolute Gasteiger partial charge is 0.464 e. The van der Waals surface area contributed by atoms with Crippen molar-refractivity contribution in [3.05, 3.63) is 36.3 Å². The molecule has 0 N–H and O–H groups in total. The molecule has 0 saturated carbocycles. The van der Waals surface area contributed by atoms with Crippen molar-refractivity contribution in [2.45, 2.75) is 36.3 Å². The van der Waals surface area contributed by atoms with Crippen LogP contribution in [0, 0.1) is 0 Å². The van der Waals surface area contributed by atoms with Gasteiger partial charge in [-0.3, -0.25) is 4.94 Å². The van der Waals surface area contributed by atoms with Crippen LogP contribution in [0.4, 0.5) is 79.2 Å². The molecule has 1 unspecified atom stereocenters. The van der Waals surface area contributed by atoms with Crippen LogP contribution in [-0.4, -0.2) is 50.2 Å². The summed E-state index contributed by atoms with van der Waals surface area (Å²) in [5, 5.41) is 0. The van der Waals surface area contributed by atoms with Gasteiger partial charge in [-0.15, -0.1) is 0 Å². The van der Waals surface area contributed by atoms with Crippen LogP contribution in [-0.2, 0) is 33.4 Å². The number of halogens is 18. The first-order valence-electron chi connectivity index (χ1n) is 8.21. The molecule has 0 amide bonds. The minimum absolute atomic E-state index is 0.521. The number of alkyl halides is 13. The molecule has 2 aliphatic rings. The molecule has 1 fully saturated rings. The SMILES string of the molecule is CO/C(=C/OCF)OF.FC(F)=C1OC(F)(F)C(F)(C(F)(F)F)O1.FC1=C(F)OC(C(F)(F)F)(C(F)(F)F)O1. The molecule has 25 heteroatoms. The highest BCUT2D eigenvalue weighted by molar-refractivity contribution is 5.03. The molecule has 0 aromatic heterocycles. The van der Waals surface area contributed by atoms with E-state index in [1.165, 1.54) is 0 Å². The molecular formula is C14H6F18O7. The van der Waals surface area contributed by atoms with E-state index < -0.39 is 73.1 Å². The van der Waals surface area contributed by atoms with Gasteiger partial charge in [0.2, 0.25) is 6.86 Å². The zero-order valence-corrected chi connectivity index (χ0v) is 17.4. The average Bonchev–Trinajstić information content (AvgIpc) is 3.23. The van der Waals surface area contributed by atoms with Crippen LogP contribution in [0.5, 0.6) is 0 Å². The summed E-state index contributed by atoms with van der Waals surface area (Å²) in [6.45, 7) is -1.05. The highest BCUT2D eigenvalue weighted by atomic mass is 19.4. The molecule has 0 aromatic carbocycles. The normalized spacial score (nSPS) is 22.1. The van der Waals surface area contributed by atoms with Gasteiger partial charge in [-0.05, 0) is 0 Å². The lowest BCUT2D eigenvalue weighted by atomic mass is 10.2. The Hall–Kier alpha value is -3.44. The average molecular weight is 628 g/mol. The van der Waals surface area contributed by atoms with Gasteiger partial charge in [-0.2, -0.15) is 70.2 Å². The molecule has 7 nitrogen and oxygen atoms in total. The lowest BCUT2D eigenvalue weighted by molar-refractivity contribution is -0.442. The fourth-order valence-electron chi connectivity index (χ4n) is 1.63. The Labute approximate surface area is 200 Å². The van der Waals surface area contributed by atoms with E-state index >= 15 is 0 Å². The van der Waals surface area contributed by atoms with Crippen LogP contribution in [0.1, 0.15) is 0 Å². The monoisotopic (exact) mass is 628 g/mol. The van der Waals surface area contributed by atoms with Crippen molar-refractivity contribution in [2.24, 2.45) is 0 Å². The Morgan fingerprint density at radius 2 is 1.23 bits per heavy atom. The van der Waals surface area contributed by atoms with Gasteiger partial charge < -0.3 is 28.4 Å². The summed E-state index contributed by atoms with van der Waals surface area (Å²) in [4.78, 5) is 3.05. The minimum Gasteiger partial charge on any atom is -0.464 e. The van der Waals surface area contributed by atoms with E-state index in [4.69, 9.17) is 0 Å². The van der Waals surface area contributed by atoms with Gasteiger partial charge >= 0.3 is 66.3 Å². The van der Waals surface area contributed by atoms with Gasteiger partial charge in [-0.1, -0.05) is 0 Å². The minimum atomic E-state index is -6.21. The van der Waals surface area contributed by atoms with Gasteiger partial charge in [0.25, 0.3) is 0 Å². The summed E-state index contributed by atoms with van der Waals surface area (Å²) in [5.74, 6) is -13.9. The van der Waals surface area contributed by atoms with Crippen LogP contribution in [0.25, 0.3) is 0 Å². The molecule has 2 rings (SSSR count). The highest BCUT2D eigenvalue weighted by Crippen LogP contribution is 2.54. The second-order valence-electron chi connectivity index (χ2n) is 5.72. The van der Waals surface area contributed by atoms with Crippen molar-refractivity contribution in [1.82, 2.24) is 0 Å². The topological polar surface area (TPSA) is 64.6 Å². The molecule has 1 saturated heterocycles. The van der Waals surface area contributed by atoms with Crippen LogP contribution in [0.15, 0.2) is 36.3 Å².